The highest BCUT2D eigenvalue weighted by atomic mass is 16.5. The Morgan fingerprint density at radius 1 is 1.36 bits per heavy atom. The molecule has 0 saturated carbocycles. The molecule has 0 bridgehead atoms. The molecule has 80 valence electrons. The molecule has 4 nitrogen and oxygen atoms in total. The van der Waals surface area contributed by atoms with Gasteiger partial charge >= 0.3 is 0 Å². The molecule has 2 rings (SSSR count). The third kappa shape index (κ3) is 2.69. The summed E-state index contributed by atoms with van der Waals surface area (Å²) in [6, 6.07) is 0.933. The zero-order valence-electron chi connectivity index (χ0n) is 8.42. The van der Waals surface area contributed by atoms with Crippen LogP contribution in [0, 0.1) is 0 Å². The van der Waals surface area contributed by atoms with E-state index in [2.05, 4.69) is 10.6 Å². The maximum absolute atomic E-state index is 10.9. The molecule has 14 heavy (non-hydrogen) atoms. The van der Waals surface area contributed by atoms with Crippen LogP contribution in [0.5, 0.6) is 0 Å². The molecule has 0 aliphatic carbocycles. The van der Waals surface area contributed by atoms with Gasteiger partial charge in [0.1, 0.15) is 0 Å². The van der Waals surface area contributed by atoms with Crippen molar-refractivity contribution >= 4 is 5.91 Å². The molecule has 0 radical (unpaired) electrons. The minimum absolute atomic E-state index is 0.183. The predicted molar refractivity (Wildman–Crippen MR) is 53.0 cm³/mol. The van der Waals surface area contributed by atoms with Crippen molar-refractivity contribution in [2.45, 2.75) is 37.8 Å². The van der Waals surface area contributed by atoms with E-state index in [9.17, 15) is 4.79 Å². The lowest BCUT2D eigenvalue weighted by atomic mass is 10.0. The maximum Gasteiger partial charge on any atom is 0.220 e. The Morgan fingerprint density at radius 2 is 2.29 bits per heavy atom. The minimum atomic E-state index is 0.183. The number of carbonyl (C=O) groups excluding carboxylic acids is 1. The molecule has 2 unspecified atom stereocenters. The molecule has 2 heterocycles. The third-order valence-corrected chi connectivity index (χ3v) is 2.90. The molecule has 2 aliphatic heterocycles. The van der Waals surface area contributed by atoms with E-state index in [1.807, 2.05) is 0 Å². The van der Waals surface area contributed by atoms with Crippen molar-refractivity contribution in [2.24, 2.45) is 0 Å². The smallest absolute Gasteiger partial charge is 0.220 e. The standard InChI is InChI=1S/C10H18N2O2/c13-10-4-3-8(6-11-10)12-9-2-1-5-14-7-9/h8-9,12H,1-7H2,(H,11,13). The predicted octanol–water partition coefficient (Wildman–Crippen LogP) is 0.0336. The maximum atomic E-state index is 10.9. The summed E-state index contributed by atoms with van der Waals surface area (Å²) in [6.07, 6.45) is 3.97. The Morgan fingerprint density at radius 3 is 2.93 bits per heavy atom. The molecule has 2 fully saturated rings. The van der Waals surface area contributed by atoms with Crippen LogP contribution in [-0.2, 0) is 9.53 Å². The van der Waals surface area contributed by atoms with E-state index in [-0.39, 0.29) is 5.91 Å². The molecule has 2 aliphatic rings. The Bertz CT molecular complexity index is 192. The molecule has 2 saturated heterocycles. The van der Waals surface area contributed by atoms with E-state index in [1.165, 1.54) is 6.42 Å². The topological polar surface area (TPSA) is 50.4 Å². The molecule has 0 aromatic carbocycles. The van der Waals surface area contributed by atoms with Gasteiger partial charge in [0.25, 0.3) is 0 Å². The van der Waals surface area contributed by atoms with Crippen molar-refractivity contribution in [2.75, 3.05) is 19.8 Å². The molecule has 0 spiro atoms. The number of rotatable bonds is 2. The van der Waals surface area contributed by atoms with Crippen molar-refractivity contribution in [1.29, 1.82) is 0 Å². The largest absolute Gasteiger partial charge is 0.380 e. The van der Waals surface area contributed by atoms with Crippen molar-refractivity contribution < 1.29 is 9.53 Å². The monoisotopic (exact) mass is 198 g/mol. The normalized spacial score (nSPS) is 33.9. The molecule has 1 amide bonds. The number of piperidine rings is 1. The van der Waals surface area contributed by atoms with Gasteiger partial charge in [-0.25, -0.2) is 0 Å². The van der Waals surface area contributed by atoms with Crippen molar-refractivity contribution in [3.8, 4) is 0 Å². The van der Waals surface area contributed by atoms with Gasteiger partial charge in [0, 0.05) is 31.7 Å². The van der Waals surface area contributed by atoms with Gasteiger partial charge in [-0.3, -0.25) is 4.79 Å². The van der Waals surface area contributed by atoms with Crippen LogP contribution in [-0.4, -0.2) is 37.7 Å². The van der Waals surface area contributed by atoms with E-state index in [1.54, 1.807) is 0 Å². The summed E-state index contributed by atoms with van der Waals surface area (Å²) < 4.78 is 5.39. The molecule has 2 N–H and O–H groups in total. The van der Waals surface area contributed by atoms with Crippen LogP contribution in [0.4, 0.5) is 0 Å². The summed E-state index contributed by atoms with van der Waals surface area (Å²) >= 11 is 0. The van der Waals surface area contributed by atoms with Crippen molar-refractivity contribution in [1.82, 2.24) is 10.6 Å². The van der Waals surface area contributed by atoms with E-state index in [0.29, 0.717) is 18.5 Å². The first-order chi connectivity index (χ1) is 6.84. The second-order valence-electron chi connectivity index (χ2n) is 4.12. The van der Waals surface area contributed by atoms with Crippen LogP contribution in [0.1, 0.15) is 25.7 Å². The van der Waals surface area contributed by atoms with Gasteiger partial charge in [0.15, 0.2) is 0 Å². The van der Waals surface area contributed by atoms with Crippen LogP contribution in [0.25, 0.3) is 0 Å². The second-order valence-corrected chi connectivity index (χ2v) is 4.12. The fourth-order valence-electron chi connectivity index (χ4n) is 2.08. The first kappa shape index (κ1) is 9.93. The summed E-state index contributed by atoms with van der Waals surface area (Å²) in [5.41, 5.74) is 0. The van der Waals surface area contributed by atoms with Crippen LogP contribution < -0.4 is 10.6 Å². The lowest BCUT2D eigenvalue weighted by molar-refractivity contribution is -0.122. The Labute approximate surface area is 84.4 Å². The highest BCUT2D eigenvalue weighted by Gasteiger charge is 2.22. The first-order valence-corrected chi connectivity index (χ1v) is 5.45. The number of hydrogen-bond acceptors (Lipinski definition) is 3. The number of nitrogens with one attached hydrogen (secondary N) is 2. The highest BCUT2D eigenvalue weighted by molar-refractivity contribution is 5.76. The highest BCUT2D eigenvalue weighted by Crippen LogP contribution is 2.09. The Hall–Kier alpha value is -0.610. The number of carbonyl (C=O) groups is 1. The van der Waals surface area contributed by atoms with Crippen LogP contribution in [0.2, 0.25) is 0 Å². The zero-order valence-corrected chi connectivity index (χ0v) is 8.42. The summed E-state index contributed by atoms with van der Waals surface area (Å²) in [5.74, 6) is 0.183. The summed E-state index contributed by atoms with van der Waals surface area (Å²) in [5, 5.41) is 6.42. The average Bonchev–Trinajstić information content (AvgIpc) is 2.23. The molecule has 4 heteroatoms. The minimum Gasteiger partial charge on any atom is -0.380 e. The van der Waals surface area contributed by atoms with Gasteiger partial charge in [0.05, 0.1) is 6.61 Å². The lowest BCUT2D eigenvalue weighted by Crippen LogP contribution is -2.51. The van der Waals surface area contributed by atoms with E-state index >= 15 is 0 Å². The van der Waals surface area contributed by atoms with Crippen LogP contribution in [0.3, 0.4) is 0 Å². The molecule has 0 aromatic heterocycles. The van der Waals surface area contributed by atoms with Crippen molar-refractivity contribution in [3.63, 3.8) is 0 Å². The van der Waals surface area contributed by atoms with Crippen LogP contribution >= 0.6 is 0 Å². The molecule has 2 atom stereocenters. The van der Waals surface area contributed by atoms with E-state index < -0.39 is 0 Å². The summed E-state index contributed by atoms with van der Waals surface area (Å²) in [6.45, 7) is 2.50. The van der Waals surface area contributed by atoms with E-state index in [4.69, 9.17) is 4.74 Å². The van der Waals surface area contributed by atoms with Crippen LogP contribution in [0.15, 0.2) is 0 Å². The van der Waals surface area contributed by atoms with Gasteiger partial charge in [0.2, 0.25) is 5.91 Å². The first-order valence-electron chi connectivity index (χ1n) is 5.45. The van der Waals surface area contributed by atoms with Gasteiger partial charge in [-0.05, 0) is 19.3 Å². The molecular formula is C10H18N2O2. The van der Waals surface area contributed by atoms with Gasteiger partial charge in [-0.2, -0.15) is 0 Å². The summed E-state index contributed by atoms with van der Waals surface area (Å²) in [7, 11) is 0. The lowest BCUT2D eigenvalue weighted by Gasteiger charge is -2.30. The SMILES string of the molecule is O=C1CCC(NC2CCCOC2)CN1. The number of hydrogen-bond donors (Lipinski definition) is 2. The Balaban J connectivity index is 1.71. The third-order valence-electron chi connectivity index (χ3n) is 2.90. The fourth-order valence-corrected chi connectivity index (χ4v) is 2.08. The second kappa shape index (κ2) is 4.75. The van der Waals surface area contributed by atoms with Gasteiger partial charge < -0.3 is 15.4 Å². The summed E-state index contributed by atoms with van der Waals surface area (Å²) in [4.78, 5) is 10.9. The van der Waals surface area contributed by atoms with Gasteiger partial charge in [-0.15, -0.1) is 0 Å². The fraction of sp³-hybridized carbons (Fsp3) is 0.900. The van der Waals surface area contributed by atoms with Crippen molar-refractivity contribution in [3.05, 3.63) is 0 Å². The number of amides is 1. The van der Waals surface area contributed by atoms with Gasteiger partial charge in [-0.1, -0.05) is 0 Å². The zero-order chi connectivity index (χ0) is 9.80. The Kier molecular flexibility index (Phi) is 3.37. The quantitative estimate of drug-likeness (QED) is 0.658. The molecular weight excluding hydrogens is 180 g/mol. The average molecular weight is 198 g/mol. The molecule has 0 aromatic rings. The van der Waals surface area contributed by atoms with E-state index in [0.717, 1.165) is 32.6 Å². The number of ether oxygens (including phenoxy) is 1.